The predicted molar refractivity (Wildman–Crippen MR) is 69.0 cm³/mol. The smallest absolute Gasteiger partial charge is 0.186 e. The minimum Gasteiger partial charge on any atom is -0.387 e. The molecule has 5 N–H and O–H groups in total. The fourth-order valence-corrected chi connectivity index (χ4v) is 1.95. The van der Waals surface area contributed by atoms with E-state index in [1.807, 2.05) is 0 Å². The average Bonchev–Trinajstić information content (AvgIpc) is 2.43. The molecule has 0 bridgehead atoms. The van der Waals surface area contributed by atoms with Crippen LogP contribution < -0.4 is 5.32 Å². The lowest BCUT2D eigenvalue weighted by Gasteiger charge is -2.38. The first kappa shape index (κ1) is 14.9. The van der Waals surface area contributed by atoms with E-state index in [4.69, 9.17) is 4.74 Å². The summed E-state index contributed by atoms with van der Waals surface area (Å²) in [7, 11) is 0. The summed E-state index contributed by atoms with van der Waals surface area (Å²) in [6, 6.07) is 6.41. The quantitative estimate of drug-likeness (QED) is 0.454. The van der Waals surface area contributed by atoms with Crippen LogP contribution in [-0.4, -0.2) is 57.0 Å². The van der Waals surface area contributed by atoms with E-state index in [2.05, 4.69) is 5.32 Å². The molecule has 110 valence electrons. The molecule has 1 aliphatic heterocycles. The molecule has 20 heavy (non-hydrogen) atoms. The molecule has 5 atom stereocenters. The van der Waals surface area contributed by atoms with Crippen molar-refractivity contribution in [3.05, 3.63) is 29.8 Å². The average molecular weight is 283 g/mol. The maximum absolute atomic E-state index is 11.1. The molecule has 0 aromatic heterocycles. The molecule has 0 saturated carbocycles. The lowest BCUT2D eigenvalue weighted by molar-refractivity contribution is -0.275. The van der Waals surface area contributed by atoms with Crippen molar-refractivity contribution in [1.29, 1.82) is 0 Å². The molecule has 0 spiro atoms. The van der Waals surface area contributed by atoms with Gasteiger partial charge in [0.25, 0.3) is 0 Å². The molecule has 0 unspecified atom stereocenters. The topological polar surface area (TPSA) is 119 Å². The Balaban J connectivity index is 2.07. The Morgan fingerprint density at radius 1 is 1.05 bits per heavy atom. The Kier molecular flexibility index (Phi) is 4.36. The molecule has 2 rings (SSSR count). The zero-order valence-electron chi connectivity index (χ0n) is 10.8. The van der Waals surface area contributed by atoms with Crippen molar-refractivity contribution in [2.45, 2.75) is 37.8 Å². The number of ether oxygens (including phenoxy) is 1. The van der Waals surface area contributed by atoms with Crippen LogP contribution in [0.3, 0.4) is 0 Å². The van der Waals surface area contributed by atoms with Gasteiger partial charge in [0.2, 0.25) is 0 Å². The molecule has 1 aliphatic rings. The molecule has 1 aromatic rings. The largest absolute Gasteiger partial charge is 0.387 e. The maximum Gasteiger partial charge on any atom is 0.186 e. The van der Waals surface area contributed by atoms with Gasteiger partial charge >= 0.3 is 0 Å². The van der Waals surface area contributed by atoms with Gasteiger partial charge < -0.3 is 30.5 Å². The standard InChI is InChI=1S/C13H17NO6/c1-6(15)7-2-4-8(5-3-7)14-12-10(17)9(16)11(18)13(19)20-12/h2-5,9-14,16-19H,1H3/t9-,10-,11+,12+,13-/m0/s1. The van der Waals surface area contributed by atoms with Gasteiger partial charge in [-0.15, -0.1) is 0 Å². The Labute approximate surface area is 115 Å². The number of nitrogens with one attached hydrogen (secondary N) is 1. The number of rotatable bonds is 3. The van der Waals surface area contributed by atoms with Crippen molar-refractivity contribution in [3.8, 4) is 0 Å². The number of Topliss-reactive ketones (excluding diaryl/α,β-unsaturated/α-hetero) is 1. The Bertz CT molecular complexity index is 476. The Morgan fingerprint density at radius 3 is 2.20 bits per heavy atom. The van der Waals surface area contributed by atoms with E-state index in [0.717, 1.165) is 0 Å². The van der Waals surface area contributed by atoms with Gasteiger partial charge in [0.15, 0.2) is 18.3 Å². The highest BCUT2D eigenvalue weighted by Crippen LogP contribution is 2.22. The third-order valence-electron chi connectivity index (χ3n) is 3.19. The Morgan fingerprint density at radius 2 is 1.65 bits per heavy atom. The first-order valence-corrected chi connectivity index (χ1v) is 6.15. The number of anilines is 1. The lowest BCUT2D eigenvalue weighted by Crippen LogP contribution is -2.59. The molecule has 0 radical (unpaired) electrons. The molecule has 0 amide bonds. The number of carbonyl (C=O) groups is 1. The van der Waals surface area contributed by atoms with Gasteiger partial charge in [0, 0.05) is 11.3 Å². The highest BCUT2D eigenvalue weighted by molar-refractivity contribution is 5.94. The minimum atomic E-state index is -1.60. The summed E-state index contributed by atoms with van der Waals surface area (Å²) in [6.07, 6.45) is -7.16. The van der Waals surface area contributed by atoms with Crippen molar-refractivity contribution >= 4 is 11.5 Å². The van der Waals surface area contributed by atoms with Crippen LogP contribution in [0, 0.1) is 0 Å². The molecule has 7 nitrogen and oxygen atoms in total. The van der Waals surface area contributed by atoms with Crippen LogP contribution in [0.4, 0.5) is 5.69 Å². The van der Waals surface area contributed by atoms with Crippen molar-refractivity contribution in [1.82, 2.24) is 0 Å². The second-order valence-corrected chi connectivity index (χ2v) is 4.70. The van der Waals surface area contributed by atoms with E-state index in [1.165, 1.54) is 6.92 Å². The summed E-state index contributed by atoms with van der Waals surface area (Å²) < 4.78 is 4.98. The van der Waals surface area contributed by atoms with Gasteiger partial charge in [-0.3, -0.25) is 4.79 Å². The first-order chi connectivity index (χ1) is 9.40. The van der Waals surface area contributed by atoms with Crippen LogP contribution in [0.2, 0.25) is 0 Å². The molecule has 1 heterocycles. The predicted octanol–water partition coefficient (Wildman–Crippen LogP) is -0.942. The van der Waals surface area contributed by atoms with E-state index < -0.39 is 30.8 Å². The van der Waals surface area contributed by atoms with Crippen LogP contribution in [0.1, 0.15) is 17.3 Å². The van der Waals surface area contributed by atoms with Gasteiger partial charge in [-0.05, 0) is 31.2 Å². The molecule has 1 saturated heterocycles. The fourth-order valence-electron chi connectivity index (χ4n) is 1.95. The number of hydrogen-bond acceptors (Lipinski definition) is 7. The SMILES string of the molecule is CC(=O)c1ccc(N[C@@H]2O[C@H](O)[C@H](O)[C@@H](O)[C@@H]2O)cc1. The second-order valence-electron chi connectivity index (χ2n) is 4.70. The van der Waals surface area contributed by atoms with Gasteiger partial charge in [-0.1, -0.05) is 0 Å². The fraction of sp³-hybridized carbons (Fsp3) is 0.462. The van der Waals surface area contributed by atoms with E-state index in [9.17, 15) is 25.2 Å². The van der Waals surface area contributed by atoms with Gasteiger partial charge in [0.05, 0.1) is 0 Å². The third-order valence-corrected chi connectivity index (χ3v) is 3.19. The molecular weight excluding hydrogens is 266 g/mol. The van der Waals surface area contributed by atoms with Crippen molar-refractivity contribution < 1.29 is 30.0 Å². The maximum atomic E-state index is 11.1. The molecular formula is C13H17NO6. The number of hydrogen-bond donors (Lipinski definition) is 5. The monoisotopic (exact) mass is 283 g/mol. The van der Waals surface area contributed by atoms with Crippen molar-refractivity contribution in [2.24, 2.45) is 0 Å². The van der Waals surface area contributed by atoms with Crippen LogP contribution in [-0.2, 0) is 4.74 Å². The van der Waals surface area contributed by atoms with E-state index >= 15 is 0 Å². The summed E-state index contributed by atoms with van der Waals surface area (Å²) in [5, 5.41) is 40.8. The lowest BCUT2D eigenvalue weighted by atomic mass is 10.0. The van der Waals surface area contributed by atoms with E-state index in [0.29, 0.717) is 11.3 Å². The van der Waals surface area contributed by atoms with Gasteiger partial charge in [0.1, 0.15) is 18.3 Å². The van der Waals surface area contributed by atoms with E-state index in [1.54, 1.807) is 24.3 Å². The van der Waals surface area contributed by atoms with Crippen LogP contribution in [0.25, 0.3) is 0 Å². The number of ketones is 1. The van der Waals surface area contributed by atoms with Gasteiger partial charge in [-0.2, -0.15) is 0 Å². The summed E-state index contributed by atoms with van der Waals surface area (Å²) in [5.74, 6) is -0.0699. The highest BCUT2D eigenvalue weighted by Gasteiger charge is 2.42. The van der Waals surface area contributed by atoms with Crippen LogP contribution >= 0.6 is 0 Å². The number of aliphatic hydroxyl groups is 4. The third kappa shape index (κ3) is 2.97. The number of carbonyl (C=O) groups excluding carboxylic acids is 1. The normalized spacial score (nSPS) is 33.8. The minimum absolute atomic E-state index is 0.0699. The van der Waals surface area contributed by atoms with Crippen molar-refractivity contribution in [2.75, 3.05) is 5.32 Å². The summed E-state index contributed by atoms with van der Waals surface area (Å²) in [5.41, 5.74) is 1.07. The summed E-state index contributed by atoms with van der Waals surface area (Å²) in [4.78, 5) is 11.1. The molecule has 1 aromatic carbocycles. The summed E-state index contributed by atoms with van der Waals surface area (Å²) >= 11 is 0. The van der Waals surface area contributed by atoms with Crippen molar-refractivity contribution in [3.63, 3.8) is 0 Å². The zero-order valence-corrected chi connectivity index (χ0v) is 10.8. The van der Waals surface area contributed by atoms with Crippen LogP contribution in [0.5, 0.6) is 0 Å². The highest BCUT2D eigenvalue weighted by atomic mass is 16.6. The summed E-state index contributed by atoms with van der Waals surface area (Å²) in [6.45, 7) is 1.45. The second kappa shape index (κ2) is 5.86. The first-order valence-electron chi connectivity index (χ1n) is 6.15. The molecule has 7 heteroatoms. The van der Waals surface area contributed by atoms with Gasteiger partial charge in [-0.25, -0.2) is 0 Å². The molecule has 0 aliphatic carbocycles. The number of benzene rings is 1. The van der Waals surface area contributed by atoms with Crippen LogP contribution in [0.15, 0.2) is 24.3 Å². The molecule has 1 fully saturated rings. The number of aliphatic hydroxyl groups excluding tert-OH is 4. The Hall–Kier alpha value is -1.51. The van der Waals surface area contributed by atoms with E-state index in [-0.39, 0.29) is 5.78 Å². The zero-order chi connectivity index (χ0) is 14.9.